The maximum Gasteiger partial charge on any atom is 0.295 e. The Morgan fingerprint density at radius 1 is 1.12 bits per heavy atom. The summed E-state index contributed by atoms with van der Waals surface area (Å²) in [5.74, 6) is -0.905. The van der Waals surface area contributed by atoms with Crippen LogP contribution in [0, 0.1) is 0 Å². The summed E-state index contributed by atoms with van der Waals surface area (Å²) in [7, 11) is 5.56. The van der Waals surface area contributed by atoms with Gasteiger partial charge in [-0.15, -0.1) is 0 Å². The largest absolute Gasteiger partial charge is 0.872 e. The molecule has 33 heavy (non-hydrogen) atoms. The van der Waals surface area contributed by atoms with Crippen molar-refractivity contribution in [2.24, 2.45) is 0 Å². The van der Waals surface area contributed by atoms with E-state index in [4.69, 9.17) is 21.1 Å². The van der Waals surface area contributed by atoms with Crippen LogP contribution < -0.4 is 19.5 Å². The molecule has 0 radical (unpaired) electrons. The first-order valence-electron chi connectivity index (χ1n) is 10.9. The molecule has 0 bridgehead atoms. The average molecular weight is 473 g/mol. The molecule has 1 amide bonds. The van der Waals surface area contributed by atoms with Gasteiger partial charge in [0.05, 0.1) is 40.4 Å². The van der Waals surface area contributed by atoms with Gasteiger partial charge in [-0.25, -0.2) is 0 Å². The number of likely N-dealkylation sites (tertiary alicyclic amines) is 1. The Hall–Kier alpha value is -3.03. The number of Topliss-reactive ketones (excluding diaryl/α,β-unsaturated/α-hetero) is 1. The fraction of sp³-hybridized carbons (Fsp3) is 0.360. The quantitative estimate of drug-likeness (QED) is 0.340. The van der Waals surface area contributed by atoms with E-state index in [-0.39, 0.29) is 5.57 Å². The first-order chi connectivity index (χ1) is 15.8. The Bertz CT molecular complexity index is 1050. The van der Waals surface area contributed by atoms with Crippen molar-refractivity contribution >= 4 is 29.1 Å². The highest BCUT2D eigenvalue weighted by Crippen LogP contribution is 2.41. The second kappa shape index (κ2) is 10.7. The van der Waals surface area contributed by atoms with Crippen LogP contribution in [0.2, 0.25) is 5.02 Å². The summed E-state index contributed by atoms with van der Waals surface area (Å²) >= 11 is 5.96. The number of methoxy groups -OCH3 is 1. The van der Waals surface area contributed by atoms with E-state index in [1.807, 2.05) is 21.0 Å². The zero-order chi connectivity index (χ0) is 24.1. The van der Waals surface area contributed by atoms with Gasteiger partial charge in [0.1, 0.15) is 0 Å². The maximum absolute atomic E-state index is 13.4. The molecular weight excluding hydrogens is 444 g/mol. The number of hydrogen-bond donors (Lipinski definition) is 1. The zero-order valence-electron chi connectivity index (χ0n) is 19.3. The number of quaternary nitrogens is 1. The summed E-state index contributed by atoms with van der Waals surface area (Å²) in [5.41, 5.74) is 0.854. The van der Waals surface area contributed by atoms with Gasteiger partial charge in [0.2, 0.25) is 5.78 Å². The Morgan fingerprint density at radius 2 is 1.82 bits per heavy atom. The van der Waals surface area contributed by atoms with Gasteiger partial charge in [0.25, 0.3) is 5.91 Å². The van der Waals surface area contributed by atoms with Crippen molar-refractivity contribution in [3.8, 4) is 11.5 Å². The molecule has 2 aromatic carbocycles. The highest BCUT2D eigenvalue weighted by molar-refractivity contribution is 6.46. The molecule has 0 saturated carbocycles. The molecule has 0 aliphatic carbocycles. The molecule has 1 aliphatic rings. The SMILES string of the molecule is CCOc1ccc(C2/C(=C(\[O-])c3ccc(Cl)cc3)C(=O)C(=O)N2CCC[NH+](C)C)cc1OC. The summed E-state index contributed by atoms with van der Waals surface area (Å²) in [4.78, 5) is 28.8. The molecule has 1 fully saturated rings. The van der Waals surface area contributed by atoms with Crippen LogP contribution >= 0.6 is 11.6 Å². The van der Waals surface area contributed by atoms with Crippen molar-refractivity contribution in [2.45, 2.75) is 19.4 Å². The van der Waals surface area contributed by atoms with Crippen LogP contribution in [-0.4, -0.2) is 57.5 Å². The minimum Gasteiger partial charge on any atom is -0.872 e. The van der Waals surface area contributed by atoms with Crippen LogP contribution in [0.4, 0.5) is 0 Å². The van der Waals surface area contributed by atoms with E-state index in [1.54, 1.807) is 42.5 Å². The molecule has 2 aromatic rings. The molecule has 3 rings (SSSR count). The molecule has 1 unspecified atom stereocenters. The third-order valence-electron chi connectivity index (χ3n) is 5.51. The smallest absolute Gasteiger partial charge is 0.295 e. The lowest BCUT2D eigenvalue weighted by Gasteiger charge is -2.28. The average Bonchev–Trinajstić information content (AvgIpc) is 3.04. The Balaban J connectivity index is 2.12. The van der Waals surface area contributed by atoms with Gasteiger partial charge in [0.15, 0.2) is 11.5 Å². The number of nitrogens with zero attached hydrogens (tertiary/aromatic N) is 1. The van der Waals surface area contributed by atoms with E-state index in [9.17, 15) is 14.7 Å². The van der Waals surface area contributed by atoms with E-state index in [1.165, 1.54) is 16.9 Å². The van der Waals surface area contributed by atoms with Gasteiger partial charge in [-0.3, -0.25) is 9.59 Å². The molecule has 1 atom stereocenters. The van der Waals surface area contributed by atoms with Crippen LogP contribution in [-0.2, 0) is 9.59 Å². The monoisotopic (exact) mass is 472 g/mol. The van der Waals surface area contributed by atoms with Crippen LogP contribution in [0.1, 0.15) is 30.5 Å². The summed E-state index contributed by atoms with van der Waals surface area (Å²) in [6.07, 6.45) is 0.689. The predicted octanol–water partition coefficient (Wildman–Crippen LogP) is 1.51. The summed E-state index contributed by atoms with van der Waals surface area (Å²) in [6.45, 7) is 3.50. The molecule has 7 nitrogen and oxygen atoms in total. The van der Waals surface area contributed by atoms with E-state index in [0.29, 0.717) is 47.2 Å². The number of nitrogens with one attached hydrogen (secondary N) is 1. The van der Waals surface area contributed by atoms with Crippen LogP contribution in [0.5, 0.6) is 11.5 Å². The predicted molar refractivity (Wildman–Crippen MR) is 124 cm³/mol. The van der Waals surface area contributed by atoms with Crippen molar-refractivity contribution in [2.75, 3.05) is 40.9 Å². The molecular formula is C25H29ClN2O5. The fourth-order valence-corrected chi connectivity index (χ4v) is 4.06. The lowest BCUT2D eigenvalue weighted by Crippen LogP contribution is -3.05. The van der Waals surface area contributed by atoms with E-state index in [2.05, 4.69) is 0 Å². The van der Waals surface area contributed by atoms with Crippen molar-refractivity contribution < 1.29 is 29.1 Å². The van der Waals surface area contributed by atoms with Crippen LogP contribution in [0.15, 0.2) is 48.0 Å². The molecule has 8 heteroatoms. The molecule has 1 saturated heterocycles. The minimum absolute atomic E-state index is 0.0641. The van der Waals surface area contributed by atoms with Crippen molar-refractivity contribution in [3.05, 3.63) is 64.2 Å². The lowest BCUT2D eigenvalue weighted by atomic mass is 9.95. The lowest BCUT2D eigenvalue weighted by molar-refractivity contribution is -0.858. The third-order valence-corrected chi connectivity index (χ3v) is 5.77. The van der Waals surface area contributed by atoms with Gasteiger partial charge in [-0.1, -0.05) is 35.6 Å². The first-order valence-corrected chi connectivity index (χ1v) is 11.3. The van der Waals surface area contributed by atoms with Gasteiger partial charge in [0, 0.05) is 23.6 Å². The summed E-state index contributed by atoms with van der Waals surface area (Å²) in [6, 6.07) is 10.7. The van der Waals surface area contributed by atoms with Crippen molar-refractivity contribution in [1.29, 1.82) is 0 Å². The first kappa shape index (κ1) is 24.6. The van der Waals surface area contributed by atoms with E-state index >= 15 is 0 Å². The molecule has 1 N–H and O–H groups in total. The summed E-state index contributed by atoms with van der Waals surface area (Å²) < 4.78 is 11.1. The second-order valence-electron chi connectivity index (χ2n) is 8.13. The fourth-order valence-electron chi connectivity index (χ4n) is 3.94. The topological polar surface area (TPSA) is 83.3 Å². The number of hydrogen-bond acceptors (Lipinski definition) is 5. The highest BCUT2D eigenvalue weighted by Gasteiger charge is 2.44. The van der Waals surface area contributed by atoms with E-state index < -0.39 is 23.5 Å². The zero-order valence-corrected chi connectivity index (χ0v) is 20.1. The maximum atomic E-state index is 13.4. The highest BCUT2D eigenvalue weighted by atomic mass is 35.5. The molecule has 176 valence electrons. The van der Waals surface area contributed by atoms with Gasteiger partial charge in [-0.2, -0.15) is 0 Å². The number of ketones is 1. The van der Waals surface area contributed by atoms with Crippen molar-refractivity contribution in [3.63, 3.8) is 0 Å². The van der Waals surface area contributed by atoms with Gasteiger partial charge >= 0.3 is 0 Å². The molecule has 1 aliphatic heterocycles. The number of carbonyl (C=O) groups is 2. The number of ether oxygens (including phenoxy) is 2. The normalized spacial score (nSPS) is 17.6. The van der Waals surface area contributed by atoms with Crippen molar-refractivity contribution in [1.82, 2.24) is 4.90 Å². The second-order valence-corrected chi connectivity index (χ2v) is 8.57. The number of rotatable bonds is 9. The van der Waals surface area contributed by atoms with Crippen LogP contribution in [0.3, 0.4) is 0 Å². The molecule has 0 aromatic heterocycles. The Labute approximate surface area is 199 Å². The number of benzene rings is 2. The molecule has 0 spiro atoms. The van der Waals surface area contributed by atoms with Gasteiger partial charge < -0.3 is 24.4 Å². The van der Waals surface area contributed by atoms with Gasteiger partial charge in [-0.05, 0) is 42.3 Å². The molecule has 1 heterocycles. The minimum atomic E-state index is -0.810. The number of amides is 1. The standard InChI is InChI=1S/C25H29ClN2O5/c1-5-33-19-12-9-17(15-20(19)32-4)22-21(23(29)16-7-10-18(26)11-8-16)24(30)25(31)28(22)14-6-13-27(2)3/h7-12,15,22,29H,5-6,13-14H2,1-4H3/b23-21+. The Morgan fingerprint density at radius 3 is 2.42 bits per heavy atom. The van der Waals surface area contributed by atoms with Crippen LogP contribution in [0.25, 0.3) is 5.76 Å². The number of halogens is 1. The van der Waals surface area contributed by atoms with E-state index in [0.717, 1.165) is 6.54 Å². The third kappa shape index (κ3) is 5.31. The Kier molecular flexibility index (Phi) is 8.00. The number of carbonyl (C=O) groups excluding carboxylic acids is 2. The summed E-state index contributed by atoms with van der Waals surface area (Å²) in [5, 5.41) is 13.9.